The zero-order chi connectivity index (χ0) is 21.2. The van der Waals surface area contributed by atoms with E-state index in [0.29, 0.717) is 13.2 Å². The van der Waals surface area contributed by atoms with Gasteiger partial charge in [-0.1, -0.05) is 42.5 Å². The number of halogens is 1. The van der Waals surface area contributed by atoms with E-state index < -0.39 is 0 Å². The predicted octanol–water partition coefficient (Wildman–Crippen LogP) is 5.77. The van der Waals surface area contributed by atoms with Crippen LogP contribution in [0.25, 0.3) is 0 Å². The van der Waals surface area contributed by atoms with Crippen LogP contribution in [0.2, 0.25) is 0 Å². The molecule has 0 heterocycles. The van der Waals surface area contributed by atoms with Crippen molar-refractivity contribution in [1.29, 1.82) is 0 Å². The second-order valence-electron chi connectivity index (χ2n) is 6.89. The summed E-state index contributed by atoms with van der Waals surface area (Å²) in [7, 11) is 1.68. The van der Waals surface area contributed by atoms with Gasteiger partial charge in [-0.05, 0) is 76.8 Å². The first-order valence-corrected chi connectivity index (χ1v) is 10.9. The van der Waals surface area contributed by atoms with E-state index in [1.165, 1.54) is 5.56 Å². The molecule has 0 spiro atoms. The van der Waals surface area contributed by atoms with Crippen LogP contribution in [0.3, 0.4) is 0 Å². The van der Waals surface area contributed by atoms with Gasteiger partial charge in [0.2, 0.25) is 0 Å². The van der Waals surface area contributed by atoms with Gasteiger partial charge in [-0.25, -0.2) is 0 Å². The SMILES string of the molecule is CCOc1cc(CNCCc2ccc(OC)cc2)cc(Br)c1OCc1ccccc1. The van der Waals surface area contributed by atoms with Gasteiger partial charge in [-0.3, -0.25) is 0 Å². The van der Waals surface area contributed by atoms with Gasteiger partial charge in [0.1, 0.15) is 12.4 Å². The zero-order valence-corrected chi connectivity index (χ0v) is 19.1. The van der Waals surface area contributed by atoms with Crippen molar-refractivity contribution in [2.45, 2.75) is 26.5 Å². The van der Waals surface area contributed by atoms with Crippen LogP contribution >= 0.6 is 15.9 Å². The van der Waals surface area contributed by atoms with Gasteiger partial charge in [-0.15, -0.1) is 0 Å². The van der Waals surface area contributed by atoms with E-state index in [1.54, 1.807) is 7.11 Å². The lowest BCUT2D eigenvalue weighted by atomic mass is 10.1. The molecule has 0 aromatic heterocycles. The number of ether oxygens (including phenoxy) is 3. The molecule has 3 aromatic rings. The van der Waals surface area contributed by atoms with Crippen LogP contribution in [-0.2, 0) is 19.6 Å². The van der Waals surface area contributed by atoms with Gasteiger partial charge in [0.05, 0.1) is 18.2 Å². The summed E-state index contributed by atoms with van der Waals surface area (Å²) in [6.07, 6.45) is 0.960. The lowest BCUT2D eigenvalue weighted by Crippen LogP contribution is -2.17. The van der Waals surface area contributed by atoms with Crippen LogP contribution in [0, 0.1) is 0 Å². The number of benzene rings is 3. The second kappa shape index (κ2) is 11.6. The Morgan fingerprint density at radius 3 is 2.33 bits per heavy atom. The van der Waals surface area contributed by atoms with Gasteiger partial charge in [0, 0.05) is 6.54 Å². The van der Waals surface area contributed by atoms with Gasteiger partial charge in [0.15, 0.2) is 11.5 Å². The van der Waals surface area contributed by atoms with E-state index in [-0.39, 0.29) is 0 Å². The molecule has 0 unspecified atom stereocenters. The molecule has 30 heavy (non-hydrogen) atoms. The molecule has 0 bridgehead atoms. The molecular weight excluding hydrogens is 442 g/mol. The summed E-state index contributed by atoms with van der Waals surface area (Å²) in [6, 6.07) is 22.5. The molecule has 0 saturated carbocycles. The molecule has 0 saturated heterocycles. The Morgan fingerprint density at radius 1 is 0.867 bits per heavy atom. The van der Waals surface area contributed by atoms with E-state index >= 15 is 0 Å². The maximum absolute atomic E-state index is 6.06. The van der Waals surface area contributed by atoms with Crippen LogP contribution in [0.1, 0.15) is 23.6 Å². The van der Waals surface area contributed by atoms with Crippen molar-refractivity contribution < 1.29 is 14.2 Å². The molecule has 3 aromatic carbocycles. The molecule has 0 atom stereocenters. The fourth-order valence-electron chi connectivity index (χ4n) is 3.11. The van der Waals surface area contributed by atoms with Crippen LogP contribution in [0.15, 0.2) is 71.2 Å². The monoisotopic (exact) mass is 469 g/mol. The standard InChI is InChI=1S/C25H28BrNO3/c1-3-29-24-16-21(17-27-14-13-19-9-11-22(28-2)12-10-19)15-23(26)25(24)30-18-20-7-5-4-6-8-20/h4-12,15-16,27H,3,13-14,17-18H2,1-2H3. The quantitative estimate of drug-likeness (QED) is 0.362. The van der Waals surface area contributed by atoms with Gasteiger partial charge >= 0.3 is 0 Å². The summed E-state index contributed by atoms with van der Waals surface area (Å²) < 4.78 is 18.0. The smallest absolute Gasteiger partial charge is 0.175 e. The summed E-state index contributed by atoms with van der Waals surface area (Å²) in [4.78, 5) is 0. The normalized spacial score (nSPS) is 10.6. The van der Waals surface area contributed by atoms with E-state index in [4.69, 9.17) is 14.2 Å². The lowest BCUT2D eigenvalue weighted by molar-refractivity contribution is 0.267. The van der Waals surface area contributed by atoms with Gasteiger partial charge < -0.3 is 19.5 Å². The minimum absolute atomic E-state index is 0.499. The fraction of sp³-hybridized carbons (Fsp3) is 0.280. The van der Waals surface area contributed by atoms with E-state index in [2.05, 4.69) is 57.6 Å². The largest absolute Gasteiger partial charge is 0.497 e. The molecule has 0 aliphatic carbocycles. The van der Waals surface area contributed by atoms with Gasteiger partial charge in [-0.2, -0.15) is 0 Å². The Balaban J connectivity index is 1.58. The summed E-state index contributed by atoms with van der Waals surface area (Å²) >= 11 is 3.66. The molecular formula is C25H28BrNO3. The first-order valence-electron chi connectivity index (χ1n) is 10.1. The maximum Gasteiger partial charge on any atom is 0.175 e. The average molecular weight is 470 g/mol. The highest BCUT2D eigenvalue weighted by atomic mass is 79.9. The van der Waals surface area contributed by atoms with E-state index in [0.717, 1.165) is 52.4 Å². The van der Waals surface area contributed by atoms with Gasteiger partial charge in [0.25, 0.3) is 0 Å². The summed E-state index contributed by atoms with van der Waals surface area (Å²) in [5, 5.41) is 3.50. The number of nitrogens with one attached hydrogen (secondary N) is 1. The lowest BCUT2D eigenvalue weighted by Gasteiger charge is -2.16. The predicted molar refractivity (Wildman–Crippen MR) is 124 cm³/mol. The highest BCUT2D eigenvalue weighted by Gasteiger charge is 2.12. The number of methoxy groups -OCH3 is 1. The number of hydrogen-bond donors (Lipinski definition) is 1. The summed E-state index contributed by atoms with van der Waals surface area (Å²) in [6.45, 7) is 4.71. The van der Waals surface area contributed by atoms with Crippen molar-refractivity contribution in [1.82, 2.24) is 5.32 Å². The van der Waals surface area contributed by atoms with Crippen LogP contribution in [0.4, 0.5) is 0 Å². The molecule has 0 radical (unpaired) electrons. The molecule has 4 nitrogen and oxygen atoms in total. The average Bonchev–Trinajstić information content (AvgIpc) is 2.77. The third kappa shape index (κ3) is 6.51. The maximum atomic E-state index is 6.06. The Bertz CT molecular complexity index is 914. The van der Waals surface area contributed by atoms with Crippen molar-refractivity contribution >= 4 is 15.9 Å². The molecule has 158 valence electrons. The highest BCUT2D eigenvalue weighted by Crippen LogP contribution is 2.37. The minimum atomic E-state index is 0.499. The van der Waals surface area contributed by atoms with Crippen molar-refractivity contribution in [2.24, 2.45) is 0 Å². The second-order valence-corrected chi connectivity index (χ2v) is 7.74. The molecule has 5 heteroatoms. The third-order valence-electron chi connectivity index (χ3n) is 4.67. The van der Waals surface area contributed by atoms with Crippen molar-refractivity contribution in [3.05, 3.63) is 87.9 Å². The van der Waals surface area contributed by atoms with Crippen LogP contribution < -0.4 is 19.5 Å². The first-order chi connectivity index (χ1) is 14.7. The summed E-state index contributed by atoms with van der Waals surface area (Å²) in [5.41, 5.74) is 3.55. The van der Waals surface area contributed by atoms with Crippen LogP contribution in [-0.4, -0.2) is 20.3 Å². The fourth-order valence-corrected chi connectivity index (χ4v) is 3.72. The van der Waals surface area contributed by atoms with Crippen molar-refractivity contribution in [3.63, 3.8) is 0 Å². The third-order valence-corrected chi connectivity index (χ3v) is 5.26. The van der Waals surface area contributed by atoms with Crippen molar-refractivity contribution in [2.75, 3.05) is 20.3 Å². The molecule has 0 aliphatic rings. The molecule has 0 aliphatic heterocycles. The Labute approximate surface area is 187 Å². The zero-order valence-electron chi connectivity index (χ0n) is 17.5. The highest BCUT2D eigenvalue weighted by molar-refractivity contribution is 9.10. The van der Waals surface area contributed by atoms with E-state index in [9.17, 15) is 0 Å². The Hall–Kier alpha value is -2.50. The van der Waals surface area contributed by atoms with E-state index in [1.807, 2.05) is 37.3 Å². The van der Waals surface area contributed by atoms with Crippen LogP contribution in [0.5, 0.6) is 17.2 Å². The molecule has 3 rings (SSSR count). The summed E-state index contributed by atoms with van der Waals surface area (Å²) in [5.74, 6) is 2.38. The number of hydrogen-bond acceptors (Lipinski definition) is 4. The number of rotatable bonds is 11. The topological polar surface area (TPSA) is 39.7 Å². The Kier molecular flexibility index (Phi) is 8.60. The minimum Gasteiger partial charge on any atom is -0.497 e. The molecule has 0 amide bonds. The van der Waals surface area contributed by atoms with Crippen molar-refractivity contribution in [3.8, 4) is 17.2 Å². The first kappa shape index (κ1) is 22.2. The molecule has 1 N–H and O–H groups in total. The molecule has 0 fully saturated rings. The Morgan fingerprint density at radius 2 is 1.63 bits per heavy atom.